The summed E-state index contributed by atoms with van der Waals surface area (Å²) in [5.74, 6) is 1.68. The van der Waals surface area contributed by atoms with Crippen molar-refractivity contribution in [1.29, 1.82) is 0 Å². The maximum Gasteiger partial charge on any atom is 0.226 e. The standard InChI is InChI=1S/C16H25N3O/c1-12-3-2-4-13(9-12)7-8-18-16(20)10-15-6-5-14(17)11-19-15/h5-6,11-13H,2-4,7-10,17H2,1H3,(H,18,20). The van der Waals surface area contributed by atoms with Crippen molar-refractivity contribution in [3.8, 4) is 0 Å². The number of carbonyl (C=O) groups is 1. The number of amides is 1. The molecule has 0 saturated heterocycles. The lowest BCUT2D eigenvalue weighted by Gasteiger charge is -2.26. The van der Waals surface area contributed by atoms with E-state index in [1.54, 1.807) is 18.3 Å². The van der Waals surface area contributed by atoms with E-state index in [1.807, 2.05) is 0 Å². The van der Waals surface area contributed by atoms with Gasteiger partial charge in [-0.15, -0.1) is 0 Å². The Balaban J connectivity index is 1.66. The summed E-state index contributed by atoms with van der Waals surface area (Å²) in [6, 6.07) is 3.58. The van der Waals surface area contributed by atoms with Crippen molar-refractivity contribution in [2.45, 2.75) is 45.4 Å². The molecule has 1 aliphatic carbocycles. The summed E-state index contributed by atoms with van der Waals surface area (Å²) in [6.07, 6.45) is 8.37. The predicted molar refractivity (Wildman–Crippen MR) is 81.1 cm³/mol. The Bertz CT molecular complexity index is 430. The zero-order chi connectivity index (χ0) is 14.4. The number of nitrogens with zero attached hydrogens (tertiary/aromatic N) is 1. The molecule has 2 unspecified atom stereocenters. The molecule has 4 heteroatoms. The molecule has 20 heavy (non-hydrogen) atoms. The van der Waals surface area contributed by atoms with Crippen LogP contribution in [-0.4, -0.2) is 17.4 Å². The van der Waals surface area contributed by atoms with Gasteiger partial charge >= 0.3 is 0 Å². The molecule has 0 bridgehead atoms. The number of nitrogen functional groups attached to an aromatic ring is 1. The number of anilines is 1. The average molecular weight is 275 g/mol. The Labute approximate surface area is 121 Å². The Kier molecular flexibility index (Phi) is 5.39. The van der Waals surface area contributed by atoms with E-state index in [0.29, 0.717) is 12.1 Å². The third-order valence-electron chi connectivity index (χ3n) is 4.11. The van der Waals surface area contributed by atoms with Crippen LogP contribution in [0, 0.1) is 11.8 Å². The van der Waals surface area contributed by atoms with E-state index >= 15 is 0 Å². The van der Waals surface area contributed by atoms with Crippen LogP contribution in [0.3, 0.4) is 0 Å². The molecule has 1 aromatic rings. The van der Waals surface area contributed by atoms with Gasteiger partial charge in [-0.05, 0) is 36.8 Å². The van der Waals surface area contributed by atoms with Gasteiger partial charge in [0.15, 0.2) is 0 Å². The number of hydrogen-bond acceptors (Lipinski definition) is 3. The summed E-state index contributed by atoms with van der Waals surface area (Å²) in [5, 5.41) is 3.00. The van der Waals surface area contributed by atoms with Crippen LogP contribution in [0.2, 0.25) is 0 Å². The molecule has 4 nitrogen and oxygen atoms in total. The molecule has 1 amide bonds. The maximum atomic E-state index is 11.8. The summed E-state index contributed by atoms with van der Waals surface area (Å²) < 4.78 is 0. The van der Waals surface area contributed by atoms with Crippen LogP contribution in [0.1, 0.15) is 44.7 Å². The van der Waals surface area contributed by atoms with Crippen LogP contribution in [-0.2, 0) is 11.2 Å². The van der Waals surface area contributed by atoms with Gasteiger partial charge in [0.25, 0.3) is 0 Å². The van der Waals surface area contributed by atoms with E-state index in [1.165, 1.54) is 25.7 Å². The van der Waals surface area contributed by atoms with Gasteiger partial charge in [0.2, 0.25) is 5.91 Å². The molecule has 2 atom stereocenters. The van der Waals surface area contributed by atoms with Crippen molar-refractivity contribution in [3.63, 3.8) is 0 Å². The highest BCUT2D eigenvalue weighted by atomic mass is 16.1. The summed E-state index contributed by atoms with van der Waals surface area (Å²) in [7, 11) is 0. The number of carbonyl (C=O) groups excluding carboxylic acids is 1. The zero-order valence-corrected chi connectivity index (χ0v) is 12.3. The second-order valence-electron chi connectivity index (χ2n) is 6.04. The molecular weight excluding hydrogens is 250 g/mol. The molecule has 3 N–H and O–H groups in total. The van der Waals surface area contributed by atoms with E-state index in [9.17, 15) is 4.79 Å². The van der Waals surface area contributed by atoms with Crippen LogP contribution in [0.5, 0.6) is 0 Å². The molecule has 1 fully saturated rings. The molecule has 0 radical (unpaired) electrons. The summed E-state index contributed by atoms with van der Waals surface area (Å²) in [5.41, 5.74) is 6.96. The summed E-state index contributed by atoms with van der Waals surface area (Å²) in [4.78, 5) is 16.0. The first kappa shape index (κ1) is 14.8. The topological polar surface area (TPSA) is 68.0 Å². The Morgan fingerprint density at radius 1 is 1.45 bits per heavy atom. The number of nitrogens with one attached hydrogen (secondary N) is 1. The van der Waals surface area contributed by atoms with Gasteiger partial charge in [-0.1, -0.05) is 26.2 Å². The van der Waals surface area contributed by atoms with Crippen molar-refractivity contribution in [2.75, 3.05) is 12.3 Å². The van der Waals surface area contributed by atoms with Crippen molar-refractivity contribution < 1.29 is 4.79 Å². The van der Waals surface area contributed by atoms with Gasteiger partial charge in [0, 0.05) is 12.2 Å². The highest BCUT2D eigenvalue weighted by Gasteiger charge is 2.18. The van der Waals surface area contributed by atoms with Gasteiger partial charge < -0.3 is 11.1 Å². The fraction of sp³-hybridized carbons (Fsp3) is 0.625. The maximum absolute atomic E-state index is 11.8. The Morgan fingerprint density at radius 3 is 3.00 bits per heavy atom. The fourth-order valence-corrected chi connectivity index (χ4v) is 3.01. The SMILES string of the molecule is CC1CCCC(CCNC(=O)Cc2ccc(N)cn2)C1. The second-order valence-corrected chi connectivity index (χ2v) is 6.04. The predicted octanol–water partition coefficient (Wildman–Crippen LogP) is 2.54. The first-order chi connectivity index (χ1) is 9.63. The van der Waals surface area contributed by atoms with Gasteiger partial charge in [0.1, 0.15) is 0 Å². The van der Waals surface area contributed by atoms with Crippen LogP contribution >= 0.6 is 0 Å². The molecule has 1 heterocycles. The molecule has 1 aromatic heterocycles. The molecule has 0 aromatic carbocycles. The fourth-order valence-electron chi connectivity index (χ4n) is 3.01. The highest BCUT2D eigenvalue weighted by molar-refractivity contribution is 5.78. The number of rotatable bonds is 5. The van der Waals surface area contributed by atoms with E-state index in [0.717, 1.165) is 30.5 Å². The summed E-state index contributed by atoms with van der Waals surface area (Å²) in [6.45, 7) is 3.11. The quantitative estimate of drug-likeness (QED) is 0.867. The van der Waals surface area contributed by atoms with Gasteiger partial charge in [-0.2, -0.15) is 0 Å². The second kappa shape index (κ2) is 7.27. The van der Waals surface area contributed by atoms with E-state index in [-0.39, 0.29) is 5.91 Å². The molecule has 1 saturated carbocycles. The molecular formula is C16H25N3O. The van der Waals surface area contributed by atoms with Gasteiger partial charge in [0.05, 0.1) is 18.3 Å². The minimum absolute atomic E-state index is 0.0473. The Hall–Kier alpha value is -1.58. The lowest BCUT2D eigenvalue weighted by atomic mass is 9.81. The smallest absolute Gasteiger partial charge is 0.226 e. The van der Waals surface area contributed by atoms with Crippen LogP contribution in [0.4, 0.5) is 5.69 Å². The van der Waals surface area contributed by atoms with Gasteiger partial charge in [-0.25, -0.2) is 0 Å². The Morgan fingerprint density at radius 2 is 2.30 bits per heavy atom. The molecule has 110 valence electrons. The van der Waals surface area contributed by atoms with Crippen molar-refractivity contribution in [2.24, 2.45) is 11.8 Å². The van der Waals surface area contributed by atoms with E-state index < -0.39 is 0 Å². The lowest BCUT2D eigenvalue weighted by Crippen LogP contribution is -2.28. The van der Waals surface area contributed by atoms with Crippen LogP contribution in [0.25, 0.3) is 0 Å². The number of nitrogens with two attached hydrogens (primary N) is 1. The monoisotopic (exact) mass is 275 g/mol. The van der Waals surface area contributed by atoms with Gasteiger partial charge in [-0.3, -0.25) is 9.78 Å². The van der Waals surface area contributed by atoms with Crippen molar-refractivity contribution in [3.05, 3.63) is 24.0 Å². The van der Waals surface area contributed by atoms with E-state index in [2.05, 4.69) is 17.2 Å². The van der Waals surface area contributed by atoms with Crippen LogP contribution < -0.4 is 11.1 Å². The molecule has 0 spiro atoms. The summed E-state index contributed by atoms with van der Waals surface area (Å²) >= 11 is 0. The lowest BCUT2D eigenvalue weighted by molar-refractivity contribution is -0.120. The minimum atomic E-state index is 0.0473. The zero-order valence-electron chi connectivity index (χ0n) is 12.3. The van der Waals surface area contributed by atoms with E-state index in [4.69, 9.17) is 5.73 Å². The first-order valence-corrected chi connectivity index (χ1v) is 7.60. The highest BCUT2D eigenvalue weighted by Crippen LogP contribution is 2.30. The van der Waals surface area contributed by atoms with Crippen molar-refractivity contribution in [1.82, 2.24) is 10.3 Å². The largest absolute Gasteiger partial charge is 0.397 e. The number of hydrogen-bond donors (Lipinski definition) is 2. The average Bonchev–Trinajstić information content (AvgIpc) is 2.41. The molecule has 2 rings (SSSR count). The van der Waals surface area contributed by atoms with Crippen LogP contribution in [0.15, 0.2) is 18.3 Å². The third-order valence-corrected chi connectivity index (χ3v) is 4.11. The minimum Gasteiger partial charge on any atom is -0.397 e. The molecule has 1 aliphatic rings. The third kappa shape index (κ3) is 4.83. The first-order valence-electron chi connectivity index (χ1n) is 7.60. The normalized spacial score (nSPS) is 22.4. The molecule has 0 aliphatic heterocycles. The number of pyridine rings is 1. The van der Waals surface area contributed by atoms with Crippen molar-refractivity contribution >= 4 is 11.6 Å². The number of aromatic nitrogens is 1.